The zero-order valence-electron chi connectivity index (χ0n) is 15.8. The second-order valence-electron chi connectivity index (χ2n) is 6.81. The summed E-state index contributed by atoms with van der Waals surface area (Å²) >= 11 is 0. The van der Waals surface area contributed by atoms with Gasteiger partial charge in [0.25, 0.3) is 0 Å². The van der Waals surface area contributed by atoms with Crippen LogP contribution in [0, 0.1) is 0 Å². The van der Waals surface area contributed by atoms with Crippen LogP contribution >= 0.6 is 0 Å². The molecule has 0 saturated carbocycles. The predicted molar refractivity (Wildman–Crippen MR) is 119 cm³/mol. The Hall–Kier alpha value is -3.92. The molecule has 140 valence electrons. The Morgan fingerprint density at radius 2 is 1.41 bits per heavy atom. The van der Waals surface area contributed by atoms with Gasteiger partial charge < -0.3 is 8.98 Å². The molecule has 0 spiro atoms. The Kier molecular flexibility index (Phi) is 4.30. The van der Waals surface area contributed by atoms with E-state index in [1.807, 2.05) is 30.3 Å². The fourth-order valence-corrected chi connectivity index (χ4v) is 3.82. The van der Waals surface area contributed by atoms with E-state index in [0.717, 1.165) is 16.8 Å². The molecule has 0 aliphatic rings. The molecular formula is C25H19N3O. The van der Waals surface area contributed by atoms with Crippen molar-refractivity contribution in [2.45, 2.75) is 6.67 Å². The highest BCUT2D eigenvalue weighted by Crippen LogP contribution is 2.29. The summed E-state index contributed by atoms with van der Waals surface area (Å²) in [5.41, 5.74) is 5.71. The highest BCUT2D eigenvalue weighted by Gasteiger charge is 2.15. The number of furan rings is 1. The van der Waals surface area contributed by atoms with E-state index in [-0.39, 0.29) is 0 Å². The number of aromatic nitrogens is 1. The van der Waals surface area contributed by atoms with Crippen LogP contribution in [0.25, 0.3) is 21.8 Å². The number of benzene rings is 3. The standard InChI is InChI=1S/C25H19N3O/c1-26-22-16-29-15-21(22)25(18-9-3-2-4-10-18)27-17-28-23-13-7-5-11-19(23)20-12-6-8-14-24(20)28/h2-16H,1,17H2/b27-25-. The molecule has 4 nitrogen and oxygen atoms in total. The molecule has 5 aromatic rings. The molecule has 0 fully saturated rings. The first kappa shape index (κ1) is 17.2. The van der Waals surface area contributed by atoms with Crippen molar-refractivity contribution < 1.29 is 4.42 Å². The smallest absolute Gasteiger partial charge is 0.117 e. The number of rotatable bonds is 5. The summed E-state index contributed by atoms with van der Waals surface area (Å²) < 4.78 is 7.64. The largest absolute Gasteiger partial charge is 0.470 e. The predicted octanol–water partition coefficient (Wildman–Crippen LogP) is 6.21. The normalized spacial score (nSPS) is 11.9. The molecule has 0 N–H and O–H groups in total. The Bertz CT molecular complexity index is 1290. The number of hydrogen-bond donors (Lipinski definition) is 0. The van der Waals surface area contributed by atoms with Crippen molar-refractivity contribution in [3.05, 3.63) is 103 Å². The van der Waals surface area contributed by atoms with Gasteiger partial charge in [0, 0.05) is 16.3 Å². The first-order chi connectivity index (χ1) is 14.4. The summed E-state index contributed by atoms with van der Waals surface area (Å²) in [4.78, 5) is 9.11. The molecule has 4 heteroatoms. The second kappa shape index (κ2) is 7.24. The Morgan fingerprint density at radius 1 is 0.793 bits per heavy atom. The number of fused-ring (bicyclic) bond motifs is 3. The molecule has 0 aliphatic carbocycles. The molecule has 0 aliphatic heterocycles. The van der Waals surface area contributed by atoms with Crippen LogP contribution in [-0.4, -0.2) is 17.0 Å². The third-order valence-electron chi connectivity index (χ3n) is 5.16. The molecule has 2 aromatic heterocycles. The van der Waals surface area contributed by atoms with Crippen molar-refractivity contribution in [3.8, 4) is 0 Å². The molecule has 0 unspecified atom stereocenters. The average molecular weight is 377 g/mol. The van der Waals surface area contributed by atoms with Gasteiger partial charge in [0.05, 0.1) is 22.3 Å². The van der Waals surface area contributed by atoms with Crippen LogP contribution in [0.4, 0.5) is 5.69 Å². The van der Waals surface area contributed by atoms with Crippen molar-refractivity contribution >= 4 is 39.9 Å². The van der Waals surface area contributed by atoms with Gasteiger partial charge in [0.2, 0.25) is 0 Å². The second-order valence-corrected chi connectivity index (χ2v) is 6.81. The first-order valence-electron chi connectivity index (χ1n) is 9.46. The van der Waals surface area contributed by atoms with Crippen molar-refractivity contribution in [3.63, 3.8) is 0 Å². The molecule has 3 aromatic carbocycles. The SMILES string of the molecule is C=Nc1cocc1/C(=N\Cn1c2ccccc2c2ccccc21)c1ccccc1. The third-order valence-corrected chi connectivity index (χ3v) is 5.16. The molecule has 0 atom stereocenters. The third kappa shape index (κ3) is 2.95. The lowest BCUT2D eigenvalue weighted by Crippen LogP contribution is -2.05. The topological polar surface area (TPSA) is 42.8 Å². The van der Waals surface area contributed by atoms with E-state index >= 15 is 0 Å². The minimum atomic E-state index is 0.486. The fraction of sp³-hybridized carbons (Fsp3) is 0.0400. The van der Waals surface area contributed by atoms with Crippen molar-refractivity contribution in [2.75, 3.05) is 0 Å². The lowest BCUT2D eigenvalue weighted by molar-refractivity contribution is 0.567. The molecular weight excluding hydrogens is 358 g/mol. The van der Waals surface area contributed by atoms with E-state index in [9.17, 15) is 0 Å². The Balaban J connectivity index is 1.69. The van der Waals surface area contributed by atoms with Gasteiger partial charge in [-0.2, -0.15) is 0 Å². The monoisotopic (exact) mass is 377 g/mol. The van der Waals surface area contributed by atoms with E-state index in [1.54, 1.807) is 12.5 Å². The maximum atomic E-state index is 5.40. The molecule has 0 radical (unpaired) electrons. The van der Waals surface area contributed by atoms with Gasteiger partial charge in [-0.05, 0) is 18.9 Å². The van der Waals surface area contributed by atoms with Crippen LogP contribution in [0.3, 0.4) is 0 Å². The zero-order valence-corrected chi connectivity index (χ0v) is 15.8. The van der Waals surface area contributed by atoms with Crippen molar-refractivity contribution in [1.82, 2.24) is 4.57 Å². The van der Waals surface area contributed by atoms with Gasteiger partial charge in [-0.15, -0.1) is 0 Å². The number of nitrogens with zero attached hydrogens (tertiary/aromatic N) is 3. The van der Waals surface area contributed by atoms with Crippen LogP contribution < -0.4 is 0 Å². The van der Waals surface area contributed by atoms with E-state index in [0.29, 0.717) is 12.4 Å². The van der Waals surface area contributed by atoms with Crippen molar-refractivity contribution in [2.24, 2.45) is 9.98 Å². The van der Waals surface area contributed by atoms with Crippen molar-refractivity contribution in [1.29, 1.82) is 0 Å². The lowest BCUT2D eigenvalue weighted by atomic mass is 10.0. The summed E-state index contributed by atoms with van der Waals surface area (Å²) in [5.74, 6) is 0. The fourth-order valence-electron chi connectivity index (χ4n) is 3.82. The van der Waals surface area contributed by atoms with Crippen LogP contribution in [0.2, 0.25) is 0 Å². The molecule has 2 heterocycles. The highest BCUT2D eigenvalue weighted by molar-refractivity contribution is 6.15. The maximum absolute atomic E-state index is 5.40. The van der Waals surface area contributed by atoms with Gasteiger partial charge in [-0.3, -0.25) is 9.98 Å². The maximum Gasteiger partial charge on any atom is 0.117 e. The van der Waals surface area contributed by atoms with E-state index in [1.165, 1.54) is 21.8 Å². The Labute approximate surface area is 168 Å². The van der Waals surface area contributed by atoms with E-state index in [2.05, 4.69) is 64.8 Å². The van der Waals surface area contributed by atoms with Crippen LogP contribution in [0.5, 0.6) is 0 Å². The summed E-state index contributed by atoms with van der Waals surface area (Å²) in [5, 5.41) is 2.47. The summed E-state index contributed by atoms with van der Waals surface area (Å²) in [6.07, 6.45) is 3.28. The van der Waals surface area contributed by atoms with Gasteiger partial charge in [0.15, 0.2) is 0 Å². The highest BCUT2D eigenvalue weighted by atomic mass is 16.3. The molecule has 0 bridgehead atoms. The molecule has 5 rings (SSSR count). The quantitative estimate of drug-likeness (QED) is 0.336. The average Bonchev–Trinajstić information content (AvgIpc) is 3.38. The summed E-state index contributed by atoms with van der Waals surface area (Å²) in [7, 11) is 0. The number of hydrogen-bond acceptors (Lipinski definition) is 3. The van der Waals surface area contributed by atoms with Gasteiger partial charge >= 0.3 is 0 Å². The minimum Gasteiger partial charge on any atom is -0.470 e. The Morgan fingerprint density at radius 3 is 2.07 bits per heavy atom. The number of para-hydroxylation sites is 2. The van der Waals surface area contributed by atoms with Gasteiger partial charge in [0.1, 0.15) is 24.9 Å². The van der Waals surface area contributed by atoms with Crippen LogP contribution in [0.15, 0.2) is 106 Å². The van der Waals surface area contributed by atoms with Gasteiger partial charge in [-0.1, -0.05) is 66.7 Å². The summed E-state index contributed by atoms with van der Waals surface area (Å²) in [6.45, 7) is 4.15. The summed E-state index contributed by atoms with van der Waals surface area (Å²) in [6, 6.07) is 27.0. The first-order valence-corrected chi connectivity index (χ1v) is 9.46. The molecule has 29 heavy (non-hydrogen) atoms. The van der Waals surface area contributed by atoms with Crippen LogP contribution in [-0.2, 0) is 6.67 Å². The molecule has 0 saturated heterocycles. The number of aliphatic imine (C=N–C) groups is 2. The molecule has 0 amide bonds. The lowest BCUT2D eigenvalue weighted by Gasteiger charge is -2.09. The van der Waals surface area contributed by atoms with Crippen LogP contribution in [0.1, 0.15) is 11.1 Å². The van der Waals surface area contributed by atoms with E-state index in [4.69, 9.17) is 9.41 Å². The van der Waals surface area contributed by atoms with Gasteiger partial charge in [-0.25, -0.2) is 0 Å². The minimum absolute atomic E-state index is 0.486. The van der Waals surface area contributed by atoms with E-state index < -0.39 is 0 Å². The zero-order chi connectivity index (χ0) is 19.6.